The van der Waals surface area contributed by atoms with Gasteiger partial charge in [-0.2, -0.15) is 0 Å². The summed E-state index contributed by atoms with van der Waals surface area (Å²) in [7, 11) is 0. The van der Waals surface area contributed by atoms with Crippen LogP contribution in [-0.4, -0.2) is 33.3 Å². The van der Waals surface area contributed by atoms with E-state index in [1.54, 1.807) is 4.80 Å². The molecule has 1 unspecified atom stereocenters. The summed E-state index contributed by atoms with van der Waals surface area (Å²) in [4.78, 5) is 1.60. The van der Waals surface area contributed by atoms with Gasteiger partial charge in [-0.1, -0.05) is 17.7 Å². The molecule has 5 nitrogen and oxygen atoms in total. The Morgan fingerprint density at radius 3 is 2.82 bits per heavy atom. The van der Waals surface area contributed by atoms with E-state index in [4.69, 9.17) is 0 Å². The van der Waals surface area contributed by atoms with Gasteiger partial charge in [-0.15, -0.1) is 15.0 Å². The van der Waals surface area contributed by atoms with Crippen molar-refractivity contribution in [2.24, 2.45) is 0 Å². The van der Waals surface area contributed by atoms with Gasteiger partial charge in [0.2, 0.25) is 0 Å². The Bertz CT molecular complexity index is 496. The van der Waals surface area contributed by atoms with E-state index in [9.17, 15) is 0 Å². The number of aryl methyl sites for hydroxylation is 1. The first-order valence-corrected chi connectivity index (χ1v) is 5.90. The van der Waals surface area contributed by atoms with Crippen molar-refractivity contribution in [3.63, 3.8) is 0 Å². The molecule has 88 valence electrons. The lowest BCUT2D eigenvalue weighted by molar-refractivity contribution is 0.688. The minimum Gasteiger partial charge on any atom is -0.316 e. The largest absolute Gasteiger partial charge is 0.316 e. The van der Waals surface area contributed by atoms with E-state index in [1.807, 2.05) is 12.1 Å². The van der Waals surface area contributed by atoms with Gasteiger partial charge in [0.25, 0.3) is 0 Å². The minimum absolute atomic E-state index is 0.411. The molecule has 5 heteroatoms. The topological polar surface area (TPSA) is 55.6 Å². The van der Waals surface area contributed by atoms with Gasteiger partial charge >= 0.3 is 0 Å². The summed E-state index contributed by atoms with van der Waals surface area (Å²) in [5, 5.41) is 16.0. The van der Waals surface area contributed by atoms with Crippen molar-refractivity contribution < 1.29 is 0 Å². The van der Waals surface area contributed by atoms with Crippen molar-refractivity contribution >= 4 is 0 Å². The number of hydrogen-bond donors (Lipinski definition) is 1. The van der Waals surface area contributed by atoms with Crippen LogP contribution in [0.25, 0.3) is 5.69 Å². The van der Waals surface area contributed by atoms with E-state index < -0.39 is 0 Å². The Morgan fingerprint density at radius 2 is 2.12 bits per heavy atom. The van der Waals surface area contributed by atoms with Crippen LogP contribution in [0.2, 0.25) is 0 Å². The van der Waals surface area contributed by atoms with Gasteiger partial charge < -0.3 is 5.32 Å². The summed E-state index contributed by atoms with van der Waals surface area (Å²) in [6.07, 6.45) is 1.10. The van der Waals surface area contributed by atoms with Gasteiger partial charge in [0.05, 0.1) is 5.69 Å². The minimum atomic E-state index is 0.411. The molecule has 1 saturated heterocycles. The zero-order chi connectivity index (χ0) is 11.7. The molecule has 3 rings (SSSR count). The van der Waals surface area contributed by atoms with Gasteiger partial charge in [0, 0.05) is 12.5 Å². The summed E-state index contributed by atoms with van der Waals surface area (Å²) in [6.45, 7) is 4.07. The van der Waals surface area contributed by atoms with Gasteiger partial charge in [0.15, 0.2) is 5.82 Å². The van der Waals surface area contributed by atoms with Crippen LogP contribution in [0.15, 0.2) is 24.3 Å². The molecule has 0 saturated carbocycles. The molecule has 0 aliphatic carbocycles. The molecular formula is C12H15N5. The summed E-state index contributed by atoms with van der Waals surface area (Å²) < 4.78 is 0. The van der Waals surface area contributed by atoms with Gasteiger partial charge in [-0.05, 0) is 37.2 Å². The summed E-state index contributed by atoms with van der Waals surface area (Å²) in [6, 6.07) is 8.12. The van der Waals surface area contributed by atoms with Crippen molar-refractivity contribution in [2.75, 3.05) is 13.1 Å². The maximum absolute atomic E-state index is 4.45. The first-order valence-electron chi connectivity index (χ1n) is 5.90. The molecule has 2 heterocycles. The normalized spacial score (nSPS) is 19.7. The predicted molar refractivity (Wildman–Crippen MR) is 64.1 cm³/mol. The number of rotatable bonds is 2. The predicted octanol–water partition coefficient (Wildman–Crippen LogP) is 1.05. The number of nitrogens with zero attached hydrogens (tertiary/aromatic N) is 4. The van der Waals surface area contributed by atoms with Crippen molar-refractivity contribution in [3.05, 3.63) is 35.7 Å². The van der Waals surface area contributed by atoms with Crippen molar-refractivity contribution in [3.8, 4) is 5.69 Å². The molecule has 0 spiro atoms. The highest BCUT2D eigenvalue weighted by atomic mass is 15.6. The molecular weight excluding hydrogens is 214 g/mol. The number of benzene rings is 1. The second-order valence-electron chi connectivity index (χ2n) is 4.46. The van der Waals surface area contributed by atoms with Gasteiger partial charge in [-0.25, -0.2) is 0 Å². The van der Waals surface area contributed by atoms with Crippen LogP contribution in [0.4, 0.5) is 0 Å². The molecule has 2 aromatic rings. The highest BCUT2D eigenvalue weighted by molar-refractivity contribution is 5.31. The molecule has 1 fully saturated rings. The van der Waals surface area contributed by atoms with Crippen LogP contribution in [0, 0.1) is 6.92 Å². The molecule has 1 aromatic heterocycles. The van der Waals surface area contributed by atoms with Gasteiger partial charge in [-0.3, -0.25) is 0 Å². The van der Waals surface area contributed by atoms with E-state index in [2.05, 4.69) is 39.8 Å². The fourth-order valence-corrected chi connectivity index (χ4v) is 2.05. The van der Waals surface area contributed by atoms with E-state index in [-0.39, 0.29) is 0 Å². The summed E-state index contributed by atoms with van der Waals surface area (Å²) >= 11 is 0. The van der Waals surface area contributed by atoms with Crippen LogP contribution >= 0.6 is 0 Å². The lowest BCUT2D eigenvalue weighted by Gasteiger charge is -2.00. The zero-order valence-corrected chi connectivity index (χ0v) is 9.80. The molecule has 0 radical (unpaired) electrons. The van der Waals surface area contributed by atoms with Crippen LogP contribution in [0.1, 0.15) is 23.7 Å². The van der Waals surface area contributed by atoms with E-state index in [0.717, 1.165) is 31.0 Å². The van der Waals surface area contributed by atoms with Crippen molar-refractivity contribution in [1.82, 2.24) is 25.5 Å². The number of tetrazole rings is 1. The highest BCUT2D eigenvalue weighted by Gasteiger charge is 2.21. The molecule has 1 aliphatic heterocycles. The third-order valence-corrected chi connectivity index (χ3v) is 3.12. The van der Waals surface area contributed by atoms with Crippen LogP contribution < -0.4 is 5.32 Å². The van der Waals surface area contributed by atoms with E-state index in [0.29, 0.717) is 5.92 Å². The molecule has 1 N–H and O–H groups in total. The number of hydrogen-bond acceptors (Lipinski definition) is 4. The maximum atomic E-state index is 4.45. The monoisotopic (exact) mass is 229 g/mol. The third-order valence-electron chi connectivity index (χ3n) is 3.12. The molecule has 1 atom stereocenters. The molecule has 1 aliphatic rings. The molecule has 17 heavy (non-hydrogen) atoms. The summed E-state index contributed by atoms with van der Waals surface area (Å²) in [5.41, 5.74) is 2.19. The average Bonchev–Trinajstić information content (AvgIpc) is 3.00. The Morgan fingerprint density at radius 1 is 1.29 bits per heavy atom. The fraction of sp³-hybridized carbons (Fsp3) is 0.417. The number of nitrogens with one attached hydrogen (secondary N) is 1. The SMILES string of the molecule is Cc1ccc(-n2nnc(C3CCNC3)n2)cc1. The second-order valence-corrected chi connectivity index (χ2v) is 4.46. The Balaban J connectivity index is 1.86. The van der Waals surface area contributed by atoms with Crippen molar-refractivity contribution in [1.29, 1.82) is 0 Å². The van der Waals surface area contributed by atoms with E-state index in [1.165, 1.54) is 5.56 Å². The first kappa shape index (κ1) is 10.4. The highest BCUT2D eigenvalue weighted by Crippen LogP contribution is 2.18. The third kappa shape index (κ3) is 2.06. The number of aromatic nitrogens is 4. The van der Waals surface area contributed by atoms with Crippen molar-refractivity contribution in [2.45, 2.75) is 19.3 Å². The van der Waals surface area contributed by atoms with E-state index >= 15 is 0 Å². The zero-order valence-electron chi connectivity index (χ0n) is 9.80. The van der Waals surface area contributed by atoms with Gasteiger partial charge in [0.1, 0.15) is 0 Å². The summed E-state index contributed by atoms with van der Waals surface area (Å²) in [5.74, 6) is 1.25. The van der Waals surface area contributed by atoms with Crippen LogP contribution in [0.3, 0.4) is 0 Å². The first-order chi connectivity index (χ1) is 8.33. The Labute approximate surface area is 99.8 Å². The lowest BCUT2D eigenvalue weighted by Crippen LogP contribution is -2.09. The average molecular weight is 229 g/mol. The molecule has 0 bridgehead atoms. The quantitative estimate of drug-likeness (QED) is 0.836. The maximum Gasteiger partial charge on any atom is 0.179 e. The Kier molecular flexibility index (Phi) is 2.60. The van der Waals surface area contributed by atoms with Crippen LogP contribution in [0.5, 0.6) is 0 Å². The standard InChI is InChI=1S/C12H15N5/c1-9-2-4-11(5-3-9)17-15-12(14-16-17)10-6-7-13-8-10/h2-5,10,13H,6-8H2,1H3. The lowest BCUT2D eigenvalue weighted by atomic mass is 10.1. The Hall–Kier alpha value is -1.75. The van der Waals surface area contributed by atoms with Crippen LogP contribution in [-0.2, 0) is 0 Å². The fourth-order valence-electron chi connectivity index (χ4n) is 2.05. The second kappa shape index (κ2) is 4.25. The smallest absolute Gasteiger partial charge is 0.179 e. The molecule has 1 aromatic carbocycles. The molecule has 0 amide bonds.